The summed E-state index contributed by atoms with van der Waals surface area (Å²) in [6.45, 7) is 2.48. The molecule has 0 radical (unpaired) electrons. The molecule has 2 aliphatic rings. The average molecular weight is 488 g/mol. The van der Waals surface area contributed by atoms with Gasteiger partial charge in [0.2, 0.25) is 5.95 Å². The van der Waals surface area contributed by atoms with Crippen molar-refractivity contribution in [1.29, 1.82) is 0 Å². The number of aromatic nitrogens is 3. The molecule has 1 spiro atoms. The van der Waals surface area contributed by atoms with E-state index in [1.54, 1.807) is 14.2 Å². The maximum atomic E-state index is 6.19. The lowest BCUT2D eigenvalue weighted by Crippen LogP contribution is -2.44. The molecule has 0 unspecified atom stereocenters. The Balaban J connectivity index is 1.37. The summed E-state index contributed by atoms with van der Waals surface area (Å²) in [5.41, 5.74) is 11.3. The topological polar surface area (TPSA) is 96.4 Å². The molecule has 36 heavy (non-hydrogen) atoms. The van der Waals surface area contributed by atoms with Crippen LogP contribution >= 0.6 is 0 Å². The number of ether oxygens (including phenoxy) is 2. The fourth-order valence-electron chi connectivity index (χ4n) is 5.28. The van der Waals surface area contributed by atoms with E-state index in [0.717, 1.165) is 71.9 Å². The molecule has 2 fully saturated rings. The molecule has 6 rings (SSSR count). The smallest absolute Gasteiger partial charge is 0.239 e. The van der Waals surface area contributed by atoms with Crippen LogP contribution in [0, 0.1) is 0 Å². The number of piperidine rings is 1. The van der Waals surface area contributed by atoms with Crippen molar-refractivity contribution in [2.24, 2.45) is 0 Å². The molecule has 9 nitrogen and oxygen atoms in total. The number of benzene rings is 2. The van der Waals surface area contributed by atoms with E-state index in [1.165, 1.54) is 0 Å². The fourth-order valence-corrected chi connectivity index (χ4v) is 5.28. The first-order valence-corrected chi connectivity index (χ1v) is 12.1. The van der Waals surface area contributed by atoms with Gasteiger partial charge in [-0.2, -0.15) is 0 Å². The average Bonchev–Trinajstić information content (AvgIpc) is 3.55. The Morgan fingerprint density at radius 1 is 0.917 bits per heavy atom. The first kappa shape index (κ1) is 22.6. The predicted octanol–water partition coefficient (Wildman–Crippen LogP) is 4.35. The highest BCUT2D eigenvalue weighted by atomic mass is 17.2. The van der Waals surface area contributed by atoms with E-state index < -0.39 is 0 Å². The normalized spacial score (nSPS) is 17.1. The highest BCUT2D eigenvalue weighted by molar-refractivity contribution is 5.85. The van der Waals surface area contributed by atoms with E-state index >= 15 is 0 Å². The van der Waals surface area contributed by atoms with E-state index in [1.807, 2.05) is 47.0 Å². The maximum Gasteiger partial charge on any atom is 0.239 e. The third kappa shape index (κ3) is 3.81. The van der Waals surface area contributed by atoms with Gasteiger partial charge in [0.15, 0.2) is 0 Å². The van der Waals surface area contributed by atoms with Gasteiger partial charge in [0.05, 0.1) is 32.0 Å². The molecule has 0 saturated carbocycles. The Hall–Kier alpha value is -3.82. The van der Waals surface area contributed by atoms with Crippen molar-refractivity contribution >= 4 is 17.2 Å². The number of nitrogens with two attached hydrogens (primary N) is 1. The Labute approximate surface area is 209 Å². The number of methoxy groups -OCH3 is 2. The van der Waals surface area contributed by atoms with Gasteiger partial charge in [-0.05, 0) is 49.2 Å². The second-order valence-electron chi connectivity index (χ2n) is 9.24. The van der Waals surface area contributed by atoms with Crippen molar-refractivity contribution in [3.05, 3.63) is 54.6 Å². The molecule has 9 heteroatoms. The number of nitrogens with zero attached hydrogens (tertiary/aromatic N) is 4. The zero-order valence-corrected chi connectivity index (χ0v) is 20.4. The van der Waals surface area contributed by atoms with Crippen LogP contribution in [0.5, 0.6) is 11.5 Å². The largest absolute Gasteiger partial charge is 0.496 e. The highest BCUT2D eigenvalue weighted by Gasteiger charge is 2.40. The van der Waals surface area contributed by atoms with Crippen molar-refractivity contribution in [1.82, 2.24) is 14.6 Å². The Kier molecular flexibility index (Phi) is 5.66. The molecule has 2 aromatic heterocycles. The second kappa shape index (κ2) is 9.00. The Bertz CT molecular complexity index is 1400. The fraction of sp³-hybridized carbons (Fsp3) is 0.333. The van der Waals surface area contributed by atoms with Gasteiger partial charge in [-0.3, -0.25) is 0 Å². The number of fused-ring (bicyclic) bond motifs is 1. The maximum absolute atomic E-state index is 6.19. The van der Waals surface area contributed by atoms with E-state index in [2.05, 4.69) is 27.1 Å². The van der Waals surface area contributed by atoms with Crippen molar-refractivity contribution in [2.45, 2.75) is 24.9 Å². The minimum atomic E-state index is -0.126. The van der Waals surface area contributed by atoms with E-state index in [0.29, 0.717) is 12.3 Å². The molecule has 2 N–H and O–H groups in total. The summed E-state index contributed by atoms with van der Waals surface area (Å²) < 4.78 is 13.2. The molecule has 0 bridgehead atoms. The predicted molar refractivity (Wildman–Crippen MR) is 137 cm³/mol. The number of hydrogen-bond donors (Lipinski definition) is 1. The van der Waals surface area contributed by atoms with E-state index in [9.17, 15) is 0 Å². The summed E-state index contributed by atoms with van der Waals surface area (Å²) >= 11 is 0. The lowest BCUT2D eigenvalue weighted by molar-refractivity contribution is -0.312. The molecule has 0 aliphatic carbocycles. The van der Waals surface area contributed by atoms with Gasteiger partial charge in [0.25, 0.3) is 0 Å². The molecule has 2 aliphatic heterocycles. The number of para-hydroxylation sites is 1. The van der Waals surface area contributed by atoms with E-state index in [-0.39, 0.29) is 11.5 Å². The molecular weight excluding hydrogens is 458 g/mol. The summed E-state index contributed by atoms with van der Waals surface area (Å²) in [7, 11) is 3.34. The SMILES string of the molecule is COc1cc(N2CCC3(CCOO3)CC2)ccc1-c1nc(N)nn2c(-c3ccccc3OC)ccc12. The number of anilines is 2. The first-order valence-electron chi connectivity index (χ1n) is 12.1. The molecule has 0 atom stereocenters. The summed E-state index contributed by atoms with van der Waals surface area (Å²) in [6, 6.07) is 18.1. The highest BCUT2D eigenvalue weighted by Crippen LogP contribution is 2.40. The van der Waals surface area contributed by atoms with Crippen LogP contribution in [-0.4, -0.2) is 54.1 Å². The zero-order valence-electron chi connectivity index (χ0n) is 20.4. The zero-order chi connectivity index (χ0) is 24.7. The van der Waals surface area contributed by atoms with Crippen LogP contribution in [0.3, 0.4) is 0 Å². The summed E-state index contributed by atoms with van der Waals surface area (Å²) in [5.74, 6) is 1.67. The lowest BCUT2D eigenvalue weighted by atomic mass is 9.88. The monoisotopic (exact) mass is 487 g/mol. The Morgan fingerprint density at radius 2 is 1.72 bits per heavy atom. The van der Waals surface area contributed by atoms with Gasteiger partial charge in [0, 0.05) is 42.4 Å². The van der Waals surface area contributed by atoms with Crippen molar-refractivity contribution < 1.29 is 19.2 Å². The van der Waals surface area contributed by atoms with Gasteiger partial charge in [-0.1, -0.05) is 12.1 Å². The third-order valence-corrected chi connectivity index (χ3v) is 7.27. The lowest BCUT2D eigenvalue weighted by Gasteiger charge is -2.38. The summed E-state index contributed by atoms with van der Waals surface area (Å²) in [5, 5.41) is 4.51. The quantitative estimate of drug-likeness (QED) is 0.415. The molecule has 186 valence electrons. The van der Waals surface area contributed by atoms with Crippen LogP contribution in [0.25, 0.3) is 28.0 Å². The standard InChI is InChI=1S/C27H29N5O4/c1-33-23-6-4-3-5-19(23)21-9-10-22-25(29-26(28)30-32(21)22)20-8-7-18(17-24(20)34-2)31-14-11-27(12-15-31)13-16-35-36-27/h3-10,17H,11-16H2,1-2H3,(H2,28,30). The molecule has 0 amide bonds. The van der Waals surface area contributed by atoms with Crippen LogP contribution in [0.1, 0.15) is 19.3 Å². The number of hydrogen-bond acceptors (Lipinski definition) is 8. The van der Waals surface area contributed by atoms with Crippen LogP contribution in [-0.2, 0) is 9.78 Å². The minimum absolute atomic E-state index is 0.126. The minimum Gasteiger partial charge on any atom is -0.496 e. The van der Waals surface area contributed by atoms with Gasteiger partial charge < -0.3 is 20.1 Å². The molecule has 2 saturated heterocycles. The summed E-state index contributed by atoms with van der Waals surface area (Å²) in [6.07, 6.45) is 2.84. The number of rotatable bonds is 5. The van der Waals surface area contributed by atoms with Crippen molar-refractivity contribution in [3.63, 3.8) is 0 Å². The first-order chi connectivity index (χ1) is 17.6. The van der Waals surface area contributed by atoms with Gasteiger partial charge in [-0.15, -0.1) is 5.10 Å². The third-order valence-electron chi connectivity index (χ3n) is 7.27. The molecule has 4 heterocycles. The van der Waals surface area contributed by atoms with Crippen LogP contribution < -0.4 is 20.1 Å². The number of nitrogen functional groups attached to an aromatic ring is 1. The van der Waals surface area contributed by atoms with Crippen molar-refractivity contribution in [2.75, 3.05) is 44.5 Å². The summed E-state index contributed by atoms with van der Waals surface area (Å²) in [4.78, 5) is 17.8. The Morgan fingerprint density at radius 3 is 2.47 bits per heavy atom. The van der Waals surface area contributed by atoms with Gasteiger partial charge in [0.1, 0.15) is 22.8 Å². The van der Waals surface area contributed by atoms with Crippen LogP contribution in [0.4, 0.5) is 11.6 Å². The van der Waals surface area contributed by atoms with Crippen molar-refractivity contribution in [3.8, 4) is 34.0 Å². The molecule has 2 aromatic carbocycles. The second-order valence-corrected chi connectivity index (χ2v) is 9.24. The van der Waals surface area contributed by atoms with E-state index in [4.69, 9.17) is 25.0 Å². The van der Waals surface area contributed by atoms with Gasteiger partial charge in [-0.25, -0.2) is 19.3 Å². The molecule has 4 aromatic rings. The molecular formula is C27H29N5O4. The van der Waals surface area contributed by atoms with Gasteiger partial charge >= 0.3 is 0 Å². The van der Waals surface area contributed by atoms with Crippen LogP contribution in [0.15, 0.2) is 54.6 Å². The van der Waals surface area contributed by atoms with Crippen LogP contribution in [0.2, 0.25) is 0 Å².